The Morgan fingerprint density at radius 2 is 1.94 bits per heavy atom. The fourth-order valence-corrected chi connectivity index (χ4v) is 4.75. The number of carbonyl (C=O) groups is 1. The lowest BCUT2D eigenvalue weighted by atomic mass is 9.96. The minimum Gasteiger partial charge on any atom is -0.443 e. The number of hydrogen-bond acceptors (Lipinski definition) is 4. The maximum Gasteiger partial charge on any atom is 0.419 e. The van der Waals surface area contributed by atoms with Gasteiger partial charge in [0.25, 0.3) is 0 Å². The van der Waals surface area contributed by atoms with Gasteiger partial charge in [0.15, 0.2) is 0 Å². The number of nitrogens with zero attached hydrogens (tertiary/aromatic N) is 3. The van der Waals surface area contributed by atoms with Gasteiger partial charge in [-0.05, 0) is 82.3 Å². The third-order valence-corrected chi connectivity index (χ3v) is 6.30. The van der Waals surface area contributed by atoms with Crippen LogP contribution in [0.4, 0.5) is 4.79 Å². The van der Waals surface area contributed by atoms with Crippen LogP contribution in [0.3, 0.4) is 0 Å². The molecule has 0 aliphatic heterocycles. The fourth-order valence-electron chi connectivity index (χ4n) is 4.75. The predicted octanol–water partition coefficient (Wildman–Crippen LogP) is 6.06. The van der Waals surface area contributed by atoms with Crippen LogP contribution in [-0.2, 0) is 11.3 Å². The second kappa shape index (κ2) is 8.80. The first-order chi connectivity index (χ1) is 15.2. The highest BCUT2D eigenvalue weighted by molar-refractivity contribution is 5.93. The van der Waals surface area contributed by atoms with Crippen LogP contribution in [0.5, 0.6) is 0 Å². The van der Waals surface area contributed by atoms with Crippen LogP contribution in [0.15, 0.2) is 54.7 Å². The van der Waals surface area contributed by atoms with Crippen LogP contribution >= 0.6 is 0 Å². The fraction of sp³-hybridized carbons (Fsp3) is 0.407. The third kappa shape index (κ3) is 4.71. The van der Waals surface area contributed by atoms with Crippen LogP contribution in [0, 0.1) is 11.3 Å². The van der Waals surface area contributed by atoms with Crippen molar-refractivity contribution in [2.75, 3.05) is 7.05 Å². The Hall–Kier alpha value is -3.10. The molecule has 1 aliphatic carbocycles. The van der Waals surface area contributed by atoms with Crippen molar-refractivity contribution in [3.05, 3.63) is 71.4 Å². The quantitative estimate of drug-likeness (QED) is 0.505. The molecule has 166 valence electrons. The molecule has 0 N–H and O–H groups in total. The van der Waals surface area contributed by atoms with Gasteiger partial charge in [-0.15, -0.1) is 0 Å². The molecular formula is C27H31N3O2. The summed E-state index contributed by atoms with van der Waals surface area (Å²) in [5.74, 6) is 0.346. The maximum atomic E-state index is 12.9. The molecule has 5 nitrogen and oxygen atoms in total. The first-order valence-electron chi connectivity index (χ1n) is 11.3. The monoisotopic (exact) mass is 429 g/mol. The van der Waals surface area contributed by atoms with Crippen LogP contribution in [0.2, 0.25) is 0 Å². The number of ether oxygens (including phenoxy) is 1. The Bertz CT molecular complexity index is 1150. The van der Waals surface area contributed by atoms with Crippen molar-refractivity contribution in [2.45, 2.75) is 64.1 Å². The van der Waals surface area contributed by atoms with Gasteiger partial charge in [0.1, 0.15) is 5.60 Å². The van der Waals surface area contributed by atoms with Gasteiger partial charge in [-0.2, -0.15) is 5.26 Å². The summed E-state index contributed by atoms with van der Waals surface area (Å²) >= 11 is 0. The topological polar surface area (TPSA) is 58.3 Å². The molecule has 0 unspecified atom stereocenters. The van der Waals surface area contributed by atoms with Gasteiger partial charge < -0.3 is 4.74 Å². The summed E-state index contributed by atoms with van der Waals surface area (Å²) in [4.78, 5) is 15.3. The summed E-state index contributed by atoms with van der Waals surface area (Å²) in [6.07, 6.45) is 4.77. The predicted molar refractivity (Wildman–Crippen MR) is 127 cm³/mol. The summed E-state index contributed by atoms with van der Waals surface area (Å²) in [5, 5.41) is 10.4. The average Bonchev–Trinajstić information content (AvgIpc) is 3.38. The zero-order valence-corrected chi connectivity index (χ0v) is 19.3. The molecule has 0 spiro atoms. The number of carbonyl (C=O) groups excluding carboxylic acids is 1. The van der Waals surface area contributed by atoms with Gasteiger partial charge in [0.2, 0.25) is 0 Å². The van der Waals surface area contributed by atoms with E-state index in [0.29, 0.717) is 17.5 Å². The third-order valence-electron chi connectivity index (χ3n) is 6.30. The number of rotatable bonds is 4. The van der Waals surface area contributed by atoms with Crippen molar-refractivity contribution in [1.82, 2.24) is 9.47 Å². The van der Waals surface area contributed by atoms with Crippen molar-refractivity contribution < 1.29 is 9.53 Å². The minimum absolute atomic E-state index is 0.346. The van der Waals surface area contributed by atoms with Crippen molar-refractivity contribution in [1.29, 1.82) is 5.26 Å². The second-order valence-corrected chi connectivity index (χ2v) is 9.84. The molecular weight excluding hydrogens is 398 g/mol. The van der Waals surface area contributed by atoms with Crippen LogP contribution in [-0.4, -0.2) is 34.3 Å². The van der Waals surface area contributed by atoms with Gasteiger partial charge in [-0.1, -0.05) is 30.3 Å². The molecule has 0 saturated heterocycles. The van der Waals surface area contributed by atoms with Crippen molar-refractivity contribution in [2.24, 2.45) is 0 Å². The van der Waals surface area contributed by atoms with Gasteiger partial charge in [-0.3, -0.25) is 9.47 Å². The largest absolute Gasteiger partial charge is 0.443 e. The molecule has 5 heteroatoms. The van der Waals surface area contributed by atoms with Crippen molar-refractivity contribution in [3.8, 4) is 6.07 Å². The minimum atomic E-state index is -0.570. The Morgan fingerprint density at radius 1 is 1.19 bits per heavy atom. The Kier molecular flexibility index (Phi) is 6.08. The number of aromatic nitrogens is 1. The molecule has 1 aromatic heterocycles. The molecule has 1 fully saturated rings. The van der Waals surface area contributed by atoms with E-state index in [4.69, 9.17) is 4.74 Å². The van der Waals surface area contributed by atoms with Crippen LogP contribution in [0.1, 0.15) is 62.6 Å². The van der Waals surface area contributed by atoms with E-state index in [-0.39, 0.29) is 6.09 Å². The highest BCUT2D eigenvalue weighted by Crippen LogP contribution is 2.41. The van der Waals surface area contributed by atoms with E-state index in [9.17, 15) is 10.1 Å². The summed E-state index contributed by atoms with van der Waals surface area (Å²) in [5.41, 5.74) is 3.29. The van der Waals surface area contributed by atoms with Gasteiger partial charge in [0, 0.05) is 24.2 Å². The number of fused-ring (bicyclic) bond motifs is 1. The molecule has 0 amide bonds. The van der Waals surface area contributed by atoms with E-state index in [2.05, 4.69) is 42.3 Å². The summed E-state index contributed by atoms with van der Waals surface area (Å²) in [6.45, 7) is 6.54. The van der Waals surface area contributed by atoms with Gasteiger partial charge in [-0.25, -0.2) is 4.79 Å². The highest BCUT2D eigenvalue weighted by Gasteiger charge is 2.31. The van der Waals surface area contributed by atoms with Crippen molar-refractivity contribution in [3.63, 3.8) is 0 Å². The second-order valence-electron chi connectivity index (χ2n) is 9.84. The Morgan fingerprint density at radius 3 is 2.62 bits per heavy atom. The number of benzene rings is 2. The van der Waals surface area contributed by atoms with Gasteiger partial charge >= 0.3 is 6.09 Å². The molecule has 1 heterocycles. The molecule has 2 atom stereocenters. The zero-order valence-electron chi connectivity index (χ0n) is 19.3. The Labute approximate surface area is 190 Å². The SMILES string of the molecule is CN(Cc1ccccc1)[C@H]1CC[C@@H](c2cn(C(=O)OC(C)(C)C)c3ccc(C#N)cc23)C1. The van der Waals surface area contributed by atoms with E-state index < -0.39 is 5.60 Å². The molecule has 0 radical (unpaired) electrons. The average molecular weight is 430 g/mol. The van der Waals surface area contributed by atoms with Gasteiger partial charge in [0.05, 0.1) is 17.1 Å². The van der Waals surface area contributed by atoms with E-state index in [1.807, 2.05) is 45.2 Å². The first kappa shape index (κ1) is 22.1. The molecule has 1 aliphatic rings. The lowest BCUT2D eigenvalue weighted by Gasteiger charge is -2.24. The van der Waals surface area contributed by atoms with E-state index in [1.165, 1.54) is 5.56 Å². The lowest BCUT2D eigenvalue weighted by molar-refractivity contribution is 0.0544. The Balaban J connectivity index is 1.61. The summed E-state index contributed by atoms with van der Waals surface area (Å²) in [7, 11) is 2.19. The highest BCUT2D eigenvalue weighted by atomic mass is 16.6. The van der Waals surface area contributed by atoms with E-state index in [0.717, 1.165) is 42.3 Å². The van der Waals surface area contributed by atoms with Crippen LogP contribution < -0.4 is 0 Å². The molecule has 3 aromatic rings. The van der Waals surface area contributed by atoms with E-state index in [1.54, 1.807) is 10.6 Å². The zero-order chi connectivity index (χ0) is 22.9. The smallest absolute Gasteiger partial charge is 0.419 e. The normalized spacial score (nSPS) is 18.8. The van der Waals surface area contributed by atoms with Crippen molar-refractivity contribution >= 4 is 17.0 Å². The molecule has 0 bridgehead atoms. The number of hydrogen-bond donors (Lipinski definition) is 0. The molecule has 32 heavy (non-hydrogen) atoms. The summed E-state index contributed by atoms with van der Waals surface area (Å²) in [6, 6.07) is 18.8. The van der Waals surface area contributed by atoms with E-state index >= 15 is 0 Å². The number of nitriles is 1. The first-order valence-corrected chi connectivity index (χ1v) is 11.3. The molecule has 2 aromatic carbocycles. The molecule has 1 saturated carbocycles. The standard InChI is InChI=1S/C27H31N3O2/c1-27(2,3)32-26(31)30-18-24(23-14-20(16-28)10-13-25(23)30)21-11-12-22(15-21)29(4)17-19-8-6-5-7-9-19/h5-10,13-14,18,21-22H,11-12,15,17H2,1-4H3/t21-,22+/m1/s1. The lowest BCUT2D eigenvalue weighted by Crippen LogP contribution is -2.28. The summed E-state index contributed by atoms with van der Waals surface area (Å²) < 4.78 is 7.25. The molecule has 4 rings (SSSR count). The maximum absolute atomic E-state index is 12.9. The van der Waals surface area contributed by atoms with Crippen LogP contribution in [0.25, 0.3) is 10.9 Å².